The number of aliphatic carboxylic acids is 1. The van der Waals surface area contributed by atoms with Gasteiger partial charge in [0, 0.05) is 15.0 Å². The second-order valence-electron chi connectivity index (χ2n) is 2.21. The van der Waals surface area contributed by atoms with Crippen molar-refractivity contribution in [3.05, 3.63) is 11.6 Å². The summed E-state index contributed by atoms with van der Waals surface area (Å²) in [7, 11) is 2.16. The maximum absolute atomic E-state index is 10.3. The fraction of sp³-hybridized carbons (Fsp3) is 0.571. The molecule has 1 N–H and O–H groups in total. The minimum absolute atomic E-state index is 0.397. The van der Waals surface area contributed by atoms with Crippen LogP contribution in [0.25, 0.3) is 0 Å². The van der Waals surface area contributed by atoms with Gasteiger partial charge in [-0.1, -0.05) is 6.08 Å². The molecular formula is C7H13O3P. The molecule has 0 saturated carbocycles. The lowest BCUT2D eigenvalue weighted by molar-refractivity contribution is -0.132. The minimum atomic E-state index is -0.850. The van der Waals surface area contributed by atoms with Gasteiger partial charge >= 0.3 is 5.97 Å². The smallest absolute Gasteiger partial charge is 0.330 e. The molecule has 0 bridgehead atoms. The molecule has 0 heterocycles. The van der Waals surface area contributed by atoms with Crippen molar-refractivity contribution in [3.63, 3.8) is 0 Å². The monoisotopic (exact) mass is 176 g/mol. The Labute approximate surface area is 68.7 Å². The van der Waals surface area contributed by atoms with Crippen molar-refractivity contribution in [2.24, 2.45) is 0 Å². The summed E-state index contributed by atoms with van der Waals surface area (Å²) in [6.45, 7) is 2.23. The molecule has 0 aromatic heterocycles. The van der Waals surface area contributed by atoms with Crippen LogP contribution in [-0.4, -0.2) is 17.7 Å². The van der Waals surface area contributed by atoms with E-state index in [-0.39, 0.29) is 0 Å². The zero-order chi connectivity index (χ0) is 8.69. The third-order valence-electron chi connectivity index (χ3n) is 1.25. The van der Waals surface area contributed by atoms with Crippen LogP contribution < -0.4 is 0 Å². The van der Waals surface area contributed by atoms with Gasteiger partial charge in [-0.3, -0.25) is 0 Å². The first-order chi connectivity index (χ1) is 5.18. The lowest BCUT2D eigenvalue weighted by Crippen LogP contribution is -1.95. The molecular weight excluding hydrogens is 163 g/mol. The fourth-order valence-electron chi connectivity index (χ4n) is 0.573. The average molecular weight is 176 g/mol. The number of carbonyl (C=O) groups is 1. The SMILES string of the molecule is CC(=CCCCOP)C(=O)O. The number of rotatable bonds is 5. The summed E-state index contributed by atoms with van der Waals surface area (Å²) >= 11 is 0. The molecule has 11 heavy (non-hydrogen) atoms. The molecule has 0 aliphatic heterocycles. The maximum Gasteiger partial charge on any atom is 0.330 e. The average Bonchev–Trinajstić information content (AvgIpc) is 1.97. The van der Waals surface area contributed by atoms with Crippen LogP contribution in [0.1, 0.15) is 19.8 Å². The summed E-state index contributed by atoms with van der Waals surface area (Å²) in [5, 5.41) is 8.43. The summed E-state index contributed by atoms with van der Waals surface area (Å²) in [4.78, 5) is 10.3. The van der Waals surface area contributed by atoms with Gasteiger partial charge in [0.05, 0.1) is 6.61 Å². The number of unbranched alkanes of at least 4 members (excludes halogenated alkanes) is 1. The highest BCUT2D eigenvalue weighted by molar-refractivity contribution is 7.09. The van der Waals surface area contributed by atoms with Crippen LogP contribution in [0.3, 0.4) is 0 Å². The second-order valence-corrected chi connectivity index (χ2v) is 2.54. The zero-order valence-electron chi connectivity index (χ0n) is 6.54. The van der Waals surface area contributed by atoms with Gasteiger partial charge in [0.2, 0.25) is 0 Å². The highest BCUT2D eigenvalue weighted by atomic mass is 31.0. The molecule has 1 unspecified atom stereocenters. The van der Waals surface area contributed by atoms with Crippen molar-refractivity contribution in [3.8, 4) is 0 Å². The molecule has 64 valence electrons. The van der Waals surface area contributed by atoms with Gasteiger partial charge in [0.1, 0.15) is 0 Å². The summed E-state index contributed by atoms with van der Waals surface area (Å²) in [5.41, 5.74) is 0.397. The van der Waals surface area contributed by atoms with Crippen LogP contribution in [0.4, 0.5) is 0 Å². The van der Waals surface area contributed by atoms with E-state index in [4.69, 9.17) is 9.63 Å². The van der Waals surface area contributed by atoms with Crippen LogP contribution in [0.2, 0.25) is 0 Å². The molecule has 0 fully saturated rings. The molecule has 0 aliphatic carbocycles. The maximum atomic E-state index is 10.3. The molecule has 0 radical (unpaired) electrons. The van der Waals surface area contributed by atoms with Crippen LogP contribution in [-0.2, 0) is 9.32 Å². The van der Waals surface area contributed by atoms with Gasteiger partial charge in [0.25, 0.3) is 0 Å². The van der Waals surface area contributed by atoms with Crippen LogP contribution >= 0.6 is 9.47 Å². The van der Waals surface area contributed by atoms with E-state index >= 15 is 0 Å². The van der Waals surface area contributed by atoms with E-state index in [0.717, 1.165) is 12.8 Å². The Hall–Kier alpha value is -0.400. The Bertz CT molecular complexity index is 154. The molecule has 1 atom stereocenters. The Balaban J connectivity index is 3.48. The number of hydrogen-bond acceptors (Lipinski definition) is 2. The molecule has 0 aromatic carbocycles. The topological polar surface area (TPSA) is 46.5 Å². The molecule has 0 aromatic rings. The molecule has 0 amide bonds. The van der Waals surface area contributed by atoms with Crippen molar-refractivity contribution in [1.82, 2.24) is 0 Å². The van der Waals surface area contributed by atoms with Gasteiger partial charge in [0.15, 0.2) is 0 Å². The standard InChI is InChI=1S/C7H13O3P/c1-6(7(8)9)4-2-3-5-10-11/h4H,2-3,5,11H2,1H3,(H,8,9). The third-order valence-corrected chi connectivity index (χ3v) is 1.49. The molecule has 4 heteroatoms. The predicted molar refractivity (Wildman–Crippen MR) is 46.3 cm³/mol. The van der Waals surface area contributed by atoms with Crippen molar-refractivity contribution >= 4 is 15.4 Å². The molecule has 0 aliphatic rings. The predicted octanol–water partition coefficient (Wildman–Crippen LogP) is 1.60. The van der Waals surface area contributed by atoms with Crippen LogP contribution in [0.5, 0.6) is 0 Å². The van der Waals surface area contributed by atoms with Crippen molar-refractivity contribution < 1.29 is 14.4 Å². The second kappa shape index (κ2) is 6.32. The minimum Gasteiger partial charge on any atom is -0.478 e. The molecule has 0 saturated heterocycles. The summed E-state index contributed by atoms with van der Waals surface area (Å²) in [6.07, 6.45) is 3.31. The summed E-state index contributed by atoms with van der Waals surface area (Å²) in [6, 6.07) is 0. The lowest BCUT2D eigenvalue weighted by Gasteiger charge is -1.94. The van der Waals surface area contributed by atoms with E-state index in [1.54, 1.807) is 13.0 Å². The first-order valence-electron chi connectivity index (χ1n) is 3.40. The largest absolute Gasteiger partial charge is 0.478 e. The van der Waals surface area contributed by atoms with E-state index in [2.05, 4.69) is 9.47 Å². The Morgan fingerprint density at radius 2 is 2.36 bits per heavy atom. The van der Waals surface area contributed by atoms with E-state index in [1.807, 2.05) is 0 Å². The van der Waals surface area contributed by atoms with Gasteiger partial charge in [-0.05, 0) is 19.8 Å². The van der Waals surface area contributed by atoms with Gasteiger partial charge in [-0.15, -0.1) is 0 Å². The highest BCUT2D eigenvalue weighted by Gasteiger charge is 1.96. The van der Waals surface area contributed by atoms with Crippen LogP contribution in [0.15, 0.2) is 11.6 Å². The number of carboxylic acid groups (broad SMARTS) is 1. The van der Waals surface area contributed by atoms with E-state index in [0.29, 0.717) is 12.2 Å². The number of carboxylic acids is 1. The Morgan fingerprint density at radius 3 is 2.82 bits per heavy atom. The quantitative estimate of drug-likeness (QED) is 0.393. The van der Waals surface area contributed by atoms with Gasteiger partial charge < -0.3 is 9.63 Å². The molecule has 3 nitrogen and oxygen atoms in total. The van der Waals surface area contributed by atoms with Gasteiger partial charge in [-0.25, -0.2) is 4.79 Å². The van der Waals surface area contributed by atoms with E-state index in [9.17, 15) is 4.79 Å². The van der Waals surface area contributed by atoms with Crippen molar-refractivity contribution in [2.45, 2.75) is 19.8 Å². The van der Waals surface area contributed by atoms with Crippen molar-refractivity contribution in [2.75, 3.05) is 6.61 Å². The van der Waals surface area contributed by atoms with E-state index in [1.165, 1.54) is 0 Å². The first-order valence-corrected chi connectivity index (χ1v) is 3.87. The van der Waals surface area contributed by atoms with Crippen LogP contribution in [0, 0.1) is 0 Å². The summed E-state index contributed by atoms with van der Waals surface area (Å²) in [5.74, 6) is -0.850. The van der Waals surface area contributed by atoms with E-state index < -0.39 is 5.97 Å². The first kappa shape index (κ1) is 10.6. The van der Waals surface area contributed by atoms with Gasteiger partial charge in [-0.2, -0.15) is 0 Å². The van der Waals surface area contributed by atoms with Crippen molar-refractivity contribution in [1.29, 1.82) is 0 Å². The molecule has 0 rings (SSSR count). The summed E-state index contributed by atoms with van der Waals surface area (Å²) < 4.78 is 4.72. The normalized spacial score (nSPS) is 11.6. The Kier molecular flexibility index (Phi) is 6.09. The lowest BCUT2D eigenvalue weighted by atomic mass is 10.2. The number of allylic oxidation sites excluding steroid dienone is 1. The molecule has 0 spiro atoms. The zero-order valence-corrected chi connectivity index (χ0v) is 7.69. The Morgan fingerprint density at radius 1 is 1.73 bits per heavy atom. The third kappa shape index (κ3) is 6.02. The highest BCUT2D eigenvalue weighted by Crippen LogP contribution is 1.99. The number of hydrogen-bond donors (Lipinski definition) is 1. The fourth-order valence-corrected chi connectivity index (χ4v) is 0.739.